The van der Waals surface area contributed by atoms with Crippen LogP contribution in [0.1, 0.15) is 37.8 Å². The first kappa shape index (κ1) is 21.2. The van der Waals surface area contributed by atoms with Crippen LogP contribution >= 0.6 is 0 Å². The Balaban J connectivity index is 1.25. The highest BCUT2D eigenvalue weighted by Crippen LogP contribution is 2.25. The standard InChI is InChI=1S/C24H30N4O3/c1-18-6-5-9-22(25-18)27-14-16-28(17-15-27)24(30)31-21-12-10-20(11-13-21)26-23(29)19-7-3-2-4-8-19/h5-6,9-13,19H,2-4,7-8,14-17H2,1H3,(H,26,29). The predicted molar refractivity (Wildman–Crippen MR) is 120 cm³/mol. The van der Waals surface area contributed by atoms with E-state index in [1.165, 1.54) is 6.42 Å². The minimum atomic E-state index is -0.351. The summed E-state index contributed by atoms with van der Waals surface area (Å²) in [6.07, 6.45) is 5.06. The number of nitrogens with zero attached hydrogens (tertiary/aromatic N) is 3. The molecular formula is C24H30N4O3. The third-order valence-electron chi connectivity index (χ3n) is 6.04. The molecule has 0 radical (unpaired) electrons. The van der Waals surface area contributed by atoms with Crippen LogP contribution in [0.15, 0.2) is 42.5 Å². The van der Waals surface area contributed by atoms with Gasteiger partial charge in [0.25, 0.3) is 0 Å². The van der Waals surface area contributed by atoms with Crippen molar-refractivity contribution in [3.63, 3.8) is 0 Å². The smallest absolute Gasteiger partial charge is 0.410 e. The normalized spacial score (nSPS) is 17.3. The molecule has 2 aliphatic rings. The maximum absolute atomic E-state index is 12.5. The third kappa shape index (κ3) is 5.54. The number of carbonyl (C=O) groups excluding carboxylic acids is 2. The van der Waals surface area contributed by atoms with Crippen molar-refractivity contribution in [1.82, 2.24) is 9.88 Å². The second-order valence-electron chi connectivity index (χ2n) is 8.33. The molecule has 0 bridgehead atoms. The number of carbonyl (C=O) groups is 2. The molecule has 2 amide bonds. The van der Waals surface area contributed by atoms with E-state index in [4.69, 9.17) is 4.74 Å². The maximum Gasteiger partial charge on any atom is 0.415 e. The topological polar surface area (TPSA) is 74.8 Å². The number of rotatable bonds is 4. The molecule has 7 heteroatoms. The number of piperazine rings is 1. The molecule has 2 fully saturated rings. The van der Waals surface area contributed by atoms with Gasteiger partial charge in [-0.1, -0.05) is 25.3 Å². The molecule has 4 rings (SSSR count). The second-order valence-corrected chi connectivity index (χ2v) is 8.33. The van der Waals surface area contributed by atoms with Crippen LogP contribution in [0.2, 0.25) is 0 Å². The second kappa shape index (κ2) is 9.81. The number of anilines is 2. The van der Waals surface area contributed by atoms with Gasteiger partial charge in [0.1, 0.15) is 11.6 Å². The van der Waals surface area contributed by atoms with Crippen molar-refractivity contribution in [3.05, 3.63) is 48.2 Å². The van der Waals surface area contributed by atoms with Crippen molar-refractivity contribution < 1.29 is 14.3 Å². The molecule has 1 N–H and O–H groups in total. The van der Waals surface area contributed by atoms with Crippen LogP contribution in [0.3, 0.4) is 0 Å². The summed E-state index contributed by atoms with van der Waals surface area (Å²) in [6, 6.07) is 13.0. The van der Waals surface area contributed by atoms with Gasteiger partial charge in [-0.3, -0.25) is 4.79 Å². The van der Waals surface area contributed by atoms with Crippen molar-refractivity contribution in [1.29, 1.82) is 0 Å². The molecule has 0 atom stereocenters. The SMILES string of the molecule is Cc1cccc(N2CCN(C(=O)Oc3ccc(NC(=O)C4CCCCC4)cc3)CC2)n1. The zero-order valence-corrected chi connectivity index (χ0v) is 18.0. The summed E-state index contributed by atoms with van der Waals surface area (Å²) >= 11 is 0. The van der Waals surface area contributed by atoms with Gasteiger partial charge in [0.15, 0.2) is 0 Å². The molecular weight excluding hydrogens is 392 g/mol. The van der Waals surface area contributed by atoms with E-state index in [0.717, 1.165) is 56.0 Å². The van der Waals surface area contributed by atoms with Gasteiger partial charge in [0, 0.05) is 43.5 Å². The highest BCUT2D eigenvalue weighted by molar-refractivity contribution is 5.92. The Kier molecular flexibility index (Phi) is 6.70. The van der Waals surface area contributed by atoms with Gasteiger partial charge in [-0.2, -0.15) is 0 Å². The number of nitrogens with one attached hydrogen (secondary N) is 1. The van der Waals surface area contributed by atoms with Gasteiger partial charge >= 0.3 is 6.09 Å². The van der Waals surface area contributed by atoms with E-state index in [1.54, 1.807) is 29.2 Å². The van der Waals surface area contributed by atoms with Gasteiger partial charge in [0.2, 0.25) is 5.91 Å². The van der Waals surface area contributed by atoms with Gasteiger partial charge in [0.05, 0.1) is 0 Å². The summed E-state index contributed by atoms with van der Waals surface area (Å²) in [7, 11) is 0. The van der Waals surface area contributed by atoms with Gasteiger partial charge in [-0.25, -0.2) is 9.78 Å². The van der Waals surface area contributed by atoms with E-state index < -0.39 is 0 Å². The van der Waals surface area contributed by atoms with Crippen molar-refractivity contribution >= 4 is 23.5 Å². The average Bonchev–Trinajstić information content (AvgIpc) is 2.81. The Morgan fingerprint density at radius 3 is 2.35 bits per heavy atom. The van der Waals surface area contributed by atoms with E-state index in [-0.39, 0.29) is 17.9 Å². The van der Waals surface area contributed by atoms with Crippen LogP contribution in [0.25, 0.3) is 0 Å². The Bertz CT molecular complexity index is 901. The summed E-state index contributed by atoms with van der Waals surface area (Å²) in [5, 5.41) is 2.98. The van der Waals surface area contributed by atoms with Crippen LogP contribution in [0.4, 0.5) is 16.3 Å². The minimum Gasteiger partial charge on any atom is -0.410 e. The lowest BCUT2D eigenvalue weighted by Gasteiger charge is -2.34. The van der Waals surface area contributed by atoms with E-state index >= 15 is 0 Å². The van der Waals surface area contributed by atoms with E-state index in [2.05, 4.69) is 15.2 Å². The first-order chi connectivity index (χ1) is 15.1. The molecule has 1 aliphatic carbocycles. The number of ether oxygens (including phenoxy) is 1. The highest BCUT2D eigenvalue weighted by atomic mass is 16.6. The number of benzene rings is 1. The molecule has 0 unspecified atom stereocenters. The Morgan fingerprint density at radius 2 is 1.68 bits per heavy atom. The fraction of sp³-hybridized carbons (Fsp3) is 0.458. The number of amides is 2. The van der Waals surface area contributed by atoms with Crippen LogP contribution in [-0.2, 0) is 4.79 Å². The zero-order chi connectivity index (χ0) is 21.6. The number of aromatic nitrogens is 1. The van der Waals surface area contributed by atoms with Gasteiger partial charge in [-0.15, -0.1) is 0 Å². The number of aryl methyl sites for hydroxylation is 1. The molecule has 1 saturated carbocycles. The lowest BCUT2D eigenvalue weighted by Crippen LogP contribution is -2.49. The van der Waals surface area contributed by atoms with Crippen LogP contribution in [0, 0.1) is 12.8 Å². The predicted octanol–water partition coefficient (Wildman–Crippen LogP) is 4.23. The Labute approximate surface area is 183 Å². The monoisotopic (exact) mass is 422 g/mol. The molecule has 7 nitrogen and oxygen atoms in total. The minimum absolute atomic E-state index is 0.0883. The van der Waals surface area contributed by atoms with Crippen molar-refractivity contribution in [2.45, 2.75) is 39.0 Å². The Hall–Kier alpha value is -3.09. The first-order valence-corrected chi connectivity index (χ1v) is 11.1. The van der Waals surface area contributed by atoms with Crippen molar-refractivity contribution in [2.75, 3.05) is 36.4 Å². The number of pyridine rings is 1. The summed E-state index contributed by atoms with van der Waals surface area (Å²) in [5.74, 6) is 1.62. The van der Waals surface area contributed by atoms with Crippen LogP contribution < -0.4 is 15.0 Å². The molecule has 2 heterocycles. The zero-order valence-electron chi connectivity index (χ0n) is 18.0. The third-order valence-corrected chi connectivity index (χ3v) is 6.04. The summed E-state index contributed by atoms with van der Waals surface area (Å²) in [4.78, 5) is 33.4. The van der Waals surface area contributed by atoms with E-state index in [1.807, 2.05) is 25.1 Å². The fourth-order valence-electron chi connectivity index (χ4n) is 4.20. The van der Waals surface area contributed by atoms with E-state index in [9.17, 15) is 9.59 Å². The number of hydrogen-bond donors (Lipinski definition) is 1. The van der Waals surface area contributed by atoms with Gasteiger partial charge in [-0.05, 0) is 56.2 Å². The maximum atomic E-state index is 12.5. The van der Waals surface area contributed by atoms with Gasteiger partial charge < -0.3 is 19.9 Å². The molecule has 164 valence electrons. The Morgan fingerprint density at radius 1 is 0.968 bits per heavy atom. The van der Waals surface area contributed by atoms with Crippen molar-refractivity contribution in [3.8, 4) is 5.75 Å². The highest BCUT2D eigenvalue weighted by Gasteiger charge is 2.24. The molecule has 1 aromatic heterocycles. The molecule has 1 aromatic carbocycles. The van der Waals surface area contributed by atoms with Crippen LogP contribution in [-0.4, -0.2) is 48.1 Å². The summed E-state index contributed by atoms with van der Waals surface area (Å²) in [5.41, 5.74) is 1.72. The molecule has 1 aliphatic heterocycles. The molecule has 0 spiro atoms. The van der Waals surface area contributed by atoms with Crippen LogP contribution in [0.5, 0.6) is 5.75 Å². The molecule has 1 saturated heterocycles. The number of hydrogen-bond acceptors (Lipinski definition) is 5. The average molecular weight is 423 g/mol. The molecule has 2 aromatic rings. The van der Waals surface area contributed by atoms with E-state index in [0.29, 0.717) is 18.8 Å². The molecule has 31 heavy (non-hydrogen) atoms. The van der Waals surface area contributed by atoms with Crippen molar-refractivity contribution in [2.24, 2.45) is 5.92 Å². The fourth-order valence-corrected chi connectivity index (χ4v) is 4.20. The summed E-state index contributed by atoms with van der Waals surface area (Å²) < 4.78 is 5.53. The quantitative estimate of drug-likeness (QED) is 0.798. The lowest BCUT2D eigenvalue weighted by atomic mass is 9.88. The largest absolute Gasteiger partial charge is 0.415 e. The lowest BCUT2D eigenvalue weighted by molar-refractivity contribution is -0.120. The summed E-state index contributed by atoms with van der Waals surface area (Å²) in [6.45, 7) is 4.59. The first-order valence-electron chi connectivity index (χ1n) is 11.1.